The van der Waals surface area contributed by atoms with Crippen LogP contribution in [0.5, 0.6) is 0 Å². The number of nitrogens with one attached hydrogen (secondary N) is 1. The van der Waals surface area contributed by atoms with Gasteiger partial charge in [-0.05, 0) is 23.3 Å². The average Bonchev–Trinajstić information content (AvgIpc) is 2.62. The lowest BCUT2D eigenvalue weighted by atomic mass is 10.0. The molecule has 0 aromatic heterocycles. The van der Waals surface area contributed by atoms with Crippen LogP contribution in [-0.2, 0) is 11.2 Å². The molecule has 138 valence electrons. The molecule has 1 aliphatic rings. The van der Waals surface area contributed by atoms with E-state index in [4.69, 9.17) is 11.6 Å². The summed E-state index contributed by atoms with van der Waals surface area (Å²) in [5, 5.41) is 14.8. The van der Waals surface area contributed by atoms with Gasteiger partial charge in [0.25, 0.3) is 5.69 Å². The average molecular weight is 396 g/mol. The van der Waals surface area contributed by atoms with Crippen LogP contribution in [0.2, 0.25) is 5.02 Å². The number of piperazine rings is 1. The van der Waals surface area contributed by atoms with Crippen LogP contribution in [0, 0.1) is 10.1 Å². The summed E-state index contributed by atoms with van der Waals surface area (Å²) in [6.07, 6.45) is 0.138. The molecule has 3 rings (SSSR count). The topological polar surface area (TPSA) is 75.5 Å². The third-order valence-corrected chi connectivity index (χ3v) is 4.51. The molecule has 2 aromatic rings. The van der Waals surface area contributed by atoms with E-state index in [-0.39, 0.29) is 36.5 Å². The lowest BCUT2D eigenvalue weighted by Gasteiger charge is -2.36. The van der Waals surface area contributed by atoms with Crippen molar-refractivity contribution in [2.75, 3.05) is 19.6 Å². The predicted octanol–water partition coefficient (Wildman–Crippen LogP) is 3.39. The Morgan fingerprint density at radius 1 is 1.27 bits per heavy atom. The second-order valence-corrected chi connectivity index (χ2v) is 6.40. The smallest absolute Gasteiger partial charge is 0.269 e. The standard InChI is InChI=1S/C18H18ClN3O3.ClH/c19-15-5-2-4-14(11-15)17-12-20-7-8-21(17)18(23)10-13-3-1-6-16(9-13)22(24)25;/h1-6,9,11,17,20H,7-8,10,12H2;1H. The van der Waals surface area contributed by atoms with Gasteiger partial charge in [-0.2, -0.15) is 0 Å². The summed E-state index contributed by atoms with van der Waals surface area (Å²) >= 11 is 6.08. The fourth-order valence-electron chi connectivity index (χ4n) is 3.07. The van der Waals surface area contributed by atoms with E-state index in [1.54, 1.807) is 18.2 Å². The first kappa shape index (κ1) is 20.2. The first-order valence-corrected chi connectivity index (χ1v) is 8.41. The number of nitro groups is 1. The minimum Gasteiger partial charge on any atom is -0.333 e. The van der Waals surface area contributed by atoms with Crippen molar-refractivity contribution in [2.45, 2.75) is 12.5 Å². The molecule has 1 unspecified atom stereocenters. The van der Waals surface area contributed by atoms with E-state index in [1.807, 2.05) is 23.1 Å². The van der Waals surface area contributed by atoms with E-state index >= 15 is 0 Å². The predicted molar refractivity (Wildman–Crippen MR) is 103 cm³/mol. The number of halogens is 2. The van der Waals surface area contributed by atoms with Crippen molar-refractivity contribution in [1.29, 1.82) is 0 Å². The van der Waals surface area contributed by atoms with Gasteiger partial charge in [-0.25, -0.2) is 0 Å². The Morgan fingerprint density at radius 3 is 2.77 bits per heavy atom. The number of carbonyl (C=O) groups excluding carboxylic acids is 1. The molecular weight excluding hydrogens is 377 g/mol. The number of non-ortho nitro benzene ring substituents is 1. The van der Waals surface area contributed by atoms with Gasteiger partial charge in [0.2, 0.25) is 5.91 Å². The Kier molecular flexibility index (Phi) is 6.97. The van der Waals surface area contributed by atoms with Crippen LogP contribution < -0.4 is 5.32 Å². The molecule has 6 nitrogen and oxygen atoms in total. The van der Waals surface area contributed by atoms with Crippen LogP contribution in [0.3, 0.4) is 0 Å². The quantitative estimate of drug-likeness (QED) is 0.635. The van der Waals surface area contributed by atoms with Gasteiger partial charge < -0.3 is 10.2 Å². The van der Waals surface area contributed by atoms with Crippen LogP contribution in [-0.4, -0.2) is 35.4 Å². The lowest BCUT2D eigenvalue weighted by Crippen LogP contribution is -2.49. The van der Waals surface area contributed by atoms with E-state index in [0.29, 0.717) is 23.7 Å². The van der Waals surface area contributed by atoms with Gasteiger partial charge in [-0.3, -0.25) is 14.9 Å². The monoisotopic (exact) mass is 395 g/mol. The Labute approximate surface area is 162 Å². The molecule has 1 aliphatic heterocycles. The Bertz CT molecular complexity index is 801. The van der Waals surface area contributed by atoms with Crippen molar-refractivity contribution in [3.63, 3.8) is 0 Å². The van der Waals surface area contributed by atoms with Gasteiger partial charge in [0.15, 0.2) is 0 Å². The highest BCUT2D eigenvalue weighted by atomic mass is 35.5. The molecule has 1 heterocycles. The molecule has 0 aliphatic carbocycles. The minimum absolute atomic E-state index is 0. The maximum atomic E-state index is 12.8. The fraction of sp³-hybridized carbons (Fsp3) is 0.278. The van der Waals surface area contributed by atoms with Crippen molar-refractivity contribution < 1.29 is 9.72 Å². The van der Waals surface area contributed by atoms with Gasteiger partial charge in [0, 0.05) is 36.8 Å². The number of rotatable bonds is 4. The molecular formula is C18H19Cl2N3O3. The molecule has 1 amide bonds. The summed E-state index contributed by atoms with van der Waals surface area (Å²) in [5.74, 6) is -0.0491. The molecule has 0 bridgehead atoms. The molecule has 26 heavy (non-hydrogen) atoms. The number of nitrogens with zero attached hydrogens (tertiary/aromatic N) is 2. The van der Waals surface area contributed by atoms with Crippen molar-refractivity contribution in [2.24, 2.45) is 0 Å². The molecule has 1 N–H and O–H groups in total. The zero-order chi connectivity index (χ0) is 17.8. The zero-order valence-corrected chi connectivity index (χ0v) is 15.5. The molecule has 1 saturated heterocycles. The molecule has 1 atom stereocenters. The summed E-state index contributed by atoms with van der Waals surface area (Å²) in [5.41, 5.74) is 1.62. The lowest BCUT2D eigenvalue weighted by molar-refractivity contribution is -0.384. The third-order valence-electron chi connectivity index (χ3n) is 4.27. The first-order valence-electron chi connectivity index (χ1n) is 8.03. The third kappa shape index (κ3) is 4.72. The van der Waals surface area contributed by atoms with Crippen molar-refractivity contribution in [3.05, 3.63) is 74.8 Å². The van der Waals surface area contributed by atoms with Crippen molar-refractivity contribution in [3.8, 4) is 0 Å². The zero-order valence-electron chi connectivity index (χ0n) is 13.9. The number of amides is 1. The van der Waals surface area contributed by atoms with Crippen LogP contribution in [0.25, 0.3) is 0 Å². The highest BCUT2D eigenvalue weighted by Gasteiger charge is 2.28. The summed E-state index contributed by atoms with van der Waals surface area (Å²) in [7, 11) is 0. The molecule has 0 saturated carbocycles. The Balaban J connectivity index is 0.00000243. The van der Waals surface area contributed by atoms with Gasteiger partial charge in [-0.1, -0.05) is 35.9 Å². The van der Waals surface area contributed by atoms with Gasteiger partial charge >= 0.3 is 0 Å². The summed E-state index contributed by atoms with van der Waals surface area (Å²) in [4.78, 5) is 25.1. The van der Waals surface area contributed by atoms with Gasteiger partial charge in [-0.15, -0.1) is 12.4 Å². The summed E-state index contributed by atoms with van der Waals surface area (Å²) < 4.78 is 0. The number of carbonyl (C=O) groups is 1. The van der Waals surface area contributed by atoms with E-state index < -0.39 is 4.92 Å². The van der Waals surface area contributed by atoms with E-state index in [2.05, 4.69) is 5.32 Å². The number of nitro benzene ring substituents is 1. The maximum Gasteiger partial charge on any atom is 0.269 e. The highest BCUT2D eigenvalue weighted by Crippen LogP contribution is 2.25. The van der Waals surface area contributed by atoms with Crippen LogP contribution in [0.4, 0.5) is 5.69 Å². The summed E-state index contributed by atoms with van der Waals surface area (Å²) in [6, 6.07) is 13.6. The molecule has 8 heteroatoms. The van der Waals surface area contributed by atoms with Crippen LogP contribution in [0.1, 0.15) is 17.2 Å². The number of benzene rings is 2. The van der Waals surface area contributed by atoms with Crippen LogP contribution in [0.15, 0.2) is 48.5 Å². The Hall–Kier alpha value is -2.15. The SMILES string of the molecule is Cl.O=C(Cc1cccc([N+](=O)[O-])c1)N1CCNCC1c1cccc(Cl)c1. The van der Waals surface area contributed by atoms with E-state index in [1.165, 1.54) is 12.1 Å². The highest BCUT2D eigenvalue weighted by molar-refractivity contribution is 6.30. The second kappa shape index (κ2) is 8.98. The van der Waals surface area contributed by atoms with Crippen molar-refractivity contribution >= 4 is 35.6 Å². The maximum absolute atomic E-state index is 12.8. The normalized spacial score (nSPS) is 16.7. The van der Waals surface area contributed by atoms with Gasteiger partial charge in [0.05, 0.1) is 17.4 Å². The largest absolute Gasteiger partial charge is 0.333 e. The second-order valence-electron chi connectivity index (χ2n) is 5.97. The van der Waals surface area contributed by atoms with Gasteiger partial charge in [0.1, 0.15) is 0 Å². The van der Waals surface area contributed by atoms with E-state index in [9.17, 15) is 14.9 Å². The number of hydrogen-bond donors (Lipinski definition) is 1. The molecule has 0 radical (unpaired) electrons. The minimum atomic E-state index is -0.451. The Morgan fingerprint density at radius 2 is 2.04 bits per heavy atom. The molecule has 0 spiro atoms. The molecule has 1 fully saturated rings. The molecule has 2 aromatic carbocycles. The first-order chi connectivity index (χ1) is 12.0. The summed E-state index contributed by atoms with van der Waals surface area (Å²) in [6.45, 7) is 1.96. The fourth-order valence-corrected chi connectivity index (χ4v) is 3.27. The van der Waals surface area contributed by atoms with Crippen LogP contribution >= 0.6 is 24.0 Å². The van der Waals surface area contributed by atoms with E-state index in [0.717, 1.165) is 12.1 Å². The van der Waals surface area contributed by atoms with Crippen molar-refractivity contribution in [1.82, 2.24) is 10.2 Å². The number of hydrogen-bond acceptors (Lipinski definition) is 4.